The number of hydrogen-bond donors (Lipinski definition) is 1. The molecule has 0 radical (unpaired) electrons. The molecule has 5 rings (SSSR count). The third-order valence-electron chi connectivity index (χ3n) is 5.36. The molecule has 2 aliphatic heterocycles. The van der Waals surface area contributed by atoms with Gasteiger partial charge < -0.3 is 24.7 Å². The fourth-order valence-electron chi connectivity index (χ4n) is 3.85. The number of nitrogens with two attached hydrogens (primary N) is 1. The van der Waals surface area contributed by atoms with E-state index < -0.39 is 18.0 Å². The van der Waals surface area contributed by atoms with E-state index in [2.05, 4.69) is 22.0 Å². The summed E-state index contributed by atoms with van der Waals surface area (Å²) < 4.78 is 23.4. The Bertz CT molecular complexity index is 1330. The molecule has 0 aliphatic carbocycles. The maximum Gasteiger partial charge on any atom is 0.356 e. The average molecular weight is 505 g/mol. The molecule has 0 bridgehead atoms. The van der Waals surface area contributed by atoms with Crippen molar-refractivity contribution in [1.29, 1.82) is 5.26 Å². The van der Waals surface area contributed by atoms with Crippen molar-refractivity contribution >= 4 is 21.9 Å². The first kappa shape index (κ1) is 20.9. The third-order valence-corrected chi connectivity index (χ3v) is 5.86. The second-order valence-electron chi connectivity index (χ2n) is 7.46. The Morgan fingerprint density at radius 2 is 1.88 bits per heavy atom. The van der Waals surface area contributed by atoms with Gasteiger partial charge in [-0.25, -0.2) is 4.79 Å². The summed E-state index contributed by atoms with van der Waals surface area (Å²) in [7, 11) is 0. The standard InChI is InChI=1S/C25H17BrN2O5/c26-15-5-3-4-14(10-15)23-17-9-8-16(11-21(17)33-24(28)18(23)12-27)31-25(29)22-13-30-19-6-1-2-7-20(19)32-22/h1-11,22-23H,13,28H2. The Morgan fingerprint density at radius 3 is 2.67 bits per heavy atom. The largest absolute Gasteiger partial charge is 0.485 e. The molecule has 0 amide bonds. The summed E-state index contributed by atoms with van der Waals surface area (Å²) in [4.78, 5) is 12.7. The lowest BCUT2D eigenvalue weighted by Gasteiger charge is -2.27. The summed E-state index contributed by atoms with van der Waals surface area (Å²) in [5.41, 5.74) is 8.00. The molecular formula is C25H17BrN2O5. The summed E-state index contributed by atoms with van der Waals surface area (Å²) in [6.07, 6.45) is -0.901. The van der Waals surface area contributed by atoms with Crippen molar-refractivity contribution in [3.05, 3.63) is 93.8 Å². The van der Waals surface area contributed by atoms with Crippen LogP contribution in [0.2, 0.25) is 0 Å². The number of carbonyl (C=O) groups excluding carboxylic acids is 1. The molecule has 3 aromatic rings. The van der Waals surface area contributed by atoms with Gasteiger partial charge in [0.05, 0.1) is 5.92 Å². The maximum atomic E-state index is 12.7. The minimum Gasteiger partial charge on any atom is -0.485 e. The first-order chi connectivity index (χ1) is 16.0. The van der Waals surface area contributed by atoms with E-state index in [0.29, 0.717) is 22.8 Å². The normalized spacial score (nSPS) is 18.5. The summed E-state index contributed by atoms with van der Waals surface area (Å²) >= 11 is 3.47. The quantitative estimate of drug-likeness (QED) is 0.416. The van der Waals surface area contributed by atoms with Crippen molar-refractivity contribution in [3.8, 4) is 29.1 Å². The zero-order valence-electron chi connectivity index (χ0n) is 17.2. The summed E-state index contributed by atoms with van der Waals surface area (Å²) in [6, 6.07) is 21.9. The average Bonchev–Trinajstić information content (AvgIpc) is 2.82. The molecule has 7 nitrogen and oxygen atoms in total. The highest BCUT2D eigenvalue weighted by atomic mass is 79.9. The number of hydrogen-bond acceptors (Lipinski definition) is 7. The first-order valence-corrected chi connectivity index (χ1v) is 10.9. The van der Waals surface area contributed by atoms with E-state index in [0.717, 1.165) is 15.6 Å². The highest BCUT2D eigenvalue weighted by Crippen LogP contribution is 2.44. The number of allylic oxidation sites excluding steroid dienone is 1. The van der Waals surface area contributed by atoms with E-state index in [9.17, 15) is 10.1 Å². The van der Waals surface area contributed by atoms with E-state index in [-0.39, 0.29) is 18.2 Å². The summed E-state index contributed by atoms with van der Waals surface area (Å²) in [5, 5.41) is 9.70. The van der Waals surface area contributed by atoms with Gasteiger partial charge in [-0.1, -0.05) is 46.3 Å². The van der Waals surface area contributed by atoms with Gasteiger partial charge in [0.25, 0.3) is 0 Å². The van der Waals surface area contributed by atoms with Crippen LogP contribution in [0, 0.1) is 11.3 Å². The second kappa shape index (κ2) is 8.52. The number of carbonyl (C=O) groups is 1. The molecule has 2 aliphatic rings. The van der Waals surface area contributed by atoms with Crippen LogP contribution in [0.25, 0.3) is 0 Å². The molecule has 3 aromatic carbocycles. The Labute approximate surface area is 198 Å². The van der Waals surface area contributed by atoms with Crippen LogP contribution in [0.5, 0.6) is 23.0 Å². The lowest BCUT2D eigenvalue weighted by atomic mass is 9.83. The van der Waals surface area contributed by atoms with E-state index in [4.69, 9.17) is 24.7 Å². The number of rotatable bonds is 3. The molecule has 8 heteroatoms. The van der Waals surface area contributed by atoms with Crippen LogP contribution >= 0.6 is 15.9 Å². The predicted molar refractivity (Wildman–Crippen MR) is 122 cm³/mol. The van der Waals surface area contributed by atoms with Gasteiger partial charge in [0.15, 0.2) is 11.5 Å². The van der Waals surface area contributed by atoms with Crippen molar-refractivity contribution in [2.24, 2.45) is 5.73 Å². The summed E-state index contributed by atoms with van der Waals surface area (Å²) in [6.45, 7) is 0.0451. The van der Waals surface area contributed by atoms with Crippen molar-refractivity contribution in [2.75, 3.05) is 6.61 Å². The number of nitriles is 1. The van der Waals surface area contributed by atoms with E-state index in [1.165, 1.54) is 0 Å². The lowest BCUT2D eigenvalue weighted by molar-refractivity contribution is -0.144. The zero-order chi connectivity index (χ0) is 22.9. The maximum absolute atomic E-state index is 12.7. The minimum atomic E-state index is -0.901. The molecule has 0 saturated carbocycles. The fraction of sp³-hybridized carbons (Fsp3) is 0.120. The van der Waals surface area contributed by atoms with Gasteiger partial charge in [0, 0.05) is 16.1 Å². The van der Waals surface area contributed by atoms with Gasteiger partial charge in [-0.15, -0.1) is 0 Å². The molecule has 2 N–H and O–H groups in total. The van der Waals surface area contributed by atoms with Crippen LogP contribution in [0.15, 0.2) is 82.7 Å². The molecule has 2 unspecified atom stereocenters. The number of ether oxygens (including phenoxy) is 4. The summed E-state index contributed by atoms with van der Waals surface area (Å²) in [5.74, 6) is 0.753. The van der Waals surface area contributed by atoms with Crippen LogP contribution in [-0.2, 0) is 4.79 Å². The van der Waals surface area contributed by atoms with Gasteiger partial charge in [-0.05, 0) is 35.9 Å². The van der Waals surface area contributed by atoms with Gasteiger partial charge >= 0.3 is 5.97 Å². The minimum absolute atomic E-state index is 0.0130. The molecular weight excluding hydrogens is 488 g/mol. The zero-order valence-corrected chi connectivity index (χ0v) is 18.7. The van der Waals surface area contributed by atoms with Crippen LogP contribution in [0.4, 0.5) is 0 Å². The molecule has 2 atom stereocenters. The topological polar surface area (TPSA) is 104 Å². The number of nitrogens with zero attached hydrogens (tertiary/aromatic N) is 1. The van der Waals surface area contributed by atoms with Crippen molar-refractivity contribution < 1.29 is 23.7 Å². The molecule has 0 saturated heterocycles. The smallest absolute Gasteiger partial charge is 0.356 e. The molecule has 164 valence electrons. The molecule has 0 fully saturated rings. The van der Waals surface area contributed by atoms with Crippen molar-refractivity contribution in [1.82, 2.24) is 0 Å². The fourth-order valence-corrected chi connectivity index (χ4v) is 4.26. The number of para-hydroxylation sites is 2. The van der Waals surface area contributed by atoms with Crippen LogP contribution < -0.4 is 24.7 Å². The van der Waals surface area contributed by atoms with E-state index in [1.807, 2.05) is 30.3 Å². The highest BCUT2D eigenvalue weighted by Gasteiger charge is 2.32. The van der Waals surface area contributed by atoms with Gasteiger partial charge in [-0.2, -0.15) is 5.26 Å². The highest BCUT2D eigenvalue weighted by molar-refractivity contribution is 9.10. The van der Waals surface area contributed by atoms with Crippen LogP contribution in [-0.4, -0.2) is 18.7 Å². The van der Waals surface area contributed by atoms with Gasteiger partial charge in [0.1, 0.15) is 29.7 Å². The van der Waals surface area contributed by atoms with E-state index >= 15 is 0 Å². The van der Waals surface area contributed by atoms with Gasteiger partial charge in [-0.3, -0.25) is 0 Å². The molecule has 2 heterocycles. The van der Waals surface area contributed by atoms with Crippen molar-refractivity contribution in [3.63, 3.8) is 0 Å². The van der Waals surface area contributed by atoms with E-state index in [1.54, 1.807) is 36.4 Å². The Hall–Kier alpha value is -3.96. The molecule has 33 heavy (non-hydrogen) atoms. The SMILES string of the molecule is N#CC1=C(N)Oc2cc(OC(=O)C3COc4ccccc4O3)ccc2C1c1cccc(Br)c1. The number of benzene rings is 3. The van der Waals surface area contributed by atoms with Crippen LogP contribution in [0.3, 0.4) is 0 Å². The number of esters is 1. The first-order valence-electron chi connectivity index (χ1n) is 10.1. The van der Waals surface area contributed by atoms with Crippen molar-refractivity contribution in [2.45, 2.75) is 12.0 Å². The Morgan fingerprint density at radius 1 is 1.06 bits per heavy atom. The lowest BCUT2D eigenvalue weighted by Crippen LogP contribution is -2.39. The second-order valence-corrected chi connectivity index (χ2v) is 8.38. The third kappa shape index (κ3) is 3.99. The monoisotopic (exact) mass is 504 g/mol. The predicted octanol–water partition coefficient (Wildman–Crippen LogP) is 4.41. The van der Waals surface area contributed by atoms with Gasteiger partial charge in [0.2, 0.25) is 12.0 Å². The number of fused-ring (bicyclic) bond motifs is 2. The Balaban J connectivity index is 1.41. The molecule has 0 aromatic heterocycles. The number of halogens is 1. The van der Waals surface area contributed by atoms with Crippen LogP contribution in [0.1, 0.15) is 17.0 Å². The molecule has 0 spiro atoms. The Kier molecular flexibility index (Phi) is 5.40.